The number of carbonyl (C=O) groups excluding carboxylic acids is 1. The zero-order valence-electron chi connectivity index (χ0n) is 9.59. The molecule has 80 valence electrons. The minimum atomic E-state index is -0.164. The van der Waals surface area contributed by atoms with Crippen molar-refractivity contribution in [1.29, 1.82) is 0 Å². The average molecular weight is 204 g/mol. The molecule has 1 rings (SSSR count). The summed E-state index contributed by atoms with van der Waals surface area (Å²) >= 11 is 0. The van der Waals surface area contributed by atoms with Gasteiger partial charge in [0.15, 0.2) is 0 Å². The fraction of sp³-hybridized carbons (Fsp3) is 0.333. The summed E-state index contributed by atoms with van der Waals surface area (Å²) in [7, 11) is 0. The van der Waals surface area contributed by atoms with Crippen molar-refractivity contribution in [3.8, 4) is 0 Å². The number of hydrazone groups is 1. The molecule has 0 bridgehead atoms. The maximum absolute atomic E-state index is 11.6. The summed E-state index contributed by atoms with van der Waals surface area (Å²) in [6.45, 7) is 7.61. The lowest BCUT2D eigenvalue weighted by atomic mass is 10.1. The average Bonchev–Trinajstić information content (AvgIpc) is 2.12. The van der Waals surface area contributed by atoms with Crippen LogP contribution in [0.2, 0.25) is 0 Å². The second-order valence-corrected chi connectivity index (χ2v) is 3.88. The third kappa shape index (κ3) is 3.54. The summed E-state index contributed by atoms with van der Waals surface area (Å²) < 4.78 is 0. The minimum Gasteiger partial charge on any atom is -0.267 e. The van der Waals surface area contributed by atoms with Crippen molar-refractivity contribution in [3.05, 3.63) is 34.9 Å². The van der Waals surface area contributed by atoms with E-state index < -0.39 is 0 Å². The van der Waals surface area contributed by atoms with Gasteiger partial charge in [-0.3, -0.25) is 4.79 Å². The van der Waals surface area contributed by atoms with E-state index >= 15 is 0 Å². The molecule has 0 aliphatic rings. The Morgan fingerprint density at radius 1 is 1.13 bits per heavy atom. The van der Waals surface area contributed by atoms with Crippen LogP contribution in [0.1, 0.15) is 35.3 Å². The summed E-state index contributed by atoms with van der Waals surface area (Å²) in [6.07, 6.45) is 0. The monoisotopic (exact) mass is 204 g/mol. The lowest BCUT2D eigenvalue weighted by Gasteiger charge is -2.03. The predicted molar refractivity (Wildman–Crippen MR) is 62.2 cm³/mol. The van der Waals surface area contributed by atoms with Gasteiger partial charge in [0.2, 0.25) is 0 Å². The van der Waals surface area contributed by atoms with Crippen molar-refractivity contribution >= 4 is 11.6 Å². The fourth-order valence-corrected chi connectivity index (χ4v) is 1.33. The highest BCUT2D eigenvalue weighted by Gasteiger charge is 2.04. The number of nitrogens with zero attached hydrogens (tertiary/aromatic N) is 1. The van der Waals surface area contributed by atoms with Crippen LogP contribution < -0.4 is 5.43 Å². The van der Waals surface area contributed by atoms with Gasteiger partial charge in [0.25, 0.3) is 5.91 Å². The molecule has 0 saturated carbocycles. The molecule has 1 aromatic carbocycles. The summed E-state index contributed by atoms with van der Waals surface area (Å²) in [4.78, 5) is 11.6. The van der Waals surface area contributed by atoms with Crippen LogP contribution in [0.15, 0.2) is 23.3 Å². The molecule has 0 unspecified atom stereocenters. The van der Waals surface area contributed by atoms with Crippen molar-refractivity contribution in [2.24, 2.45) is 5.10 Å². The van der Waals surface area contributed by atoms with Gasteiger partial charge in [0, 0.05) is 11.3 Å². The number of rotatable bonds is 2. The Kier molecular flexibility index (Phi) is 3.61. The van der Waals surface area contributed by atoms with E-state index in [1.807, 2.05) is 45.9 Å². The molecule has 0 aliphatic heterocycles. The molecule has 1 amide bonds. The van der Waals surface area contributed by atoms with Gasteiger partial charge >= 0.3 is 0 Å². The first-order valence-electron chi connectivity index (χ1n) is 4.88. The van der Waals surface area contributed by atoms with Crippen LogP contribution in [-0.4, -0.2) is 11.6 Å². The molecule has 1 aromatic rings. The van der Waals surface area contributed by atoms with Gasteiger partial charge in [-0.2, -0.15) is 5.10 Å². The Morgan fingerprint density at radius 3 is 2.13 bits per heavy atom. The third-order valence-electron chi connectivity index (χ3n) is 1.86. The maximum Gasteiger partial charge on any atom is 0.271 e. The zero-order valence-corrected chi connectivity index (χ0v) is 9.59. The molecule has 0 heterocycles. The molecular formula is C12H16N2O. The van der Waals surface area contributed by atoms with Crippen LogP contribution >= 0.6 is 0 Å². The highest BCUT2D eigenvalue weighted by Crippen LogP contribution is 2.08. The number of benzene rings is 1. The maximum atomic E-state index is 11.6. The number of hydrogen-bond acceptors (Lipinski definition) is 2. The largest absolute Gasteiger partial charge is 0.271 e. The van der Waals surface area contributed by atoms with Crippen molar-refractivity contribution in [1.82, 2.24) is 5.43 Å². The first-order chi connectivity index (χ1) is 6.99. The van der Waals surface area contributed by atoms with E-state index in [1.165, 1.54) is 0 Å². The van der Waals surface area contributed by atoms with Crippen LogP contribution in [0.4, 0.5) is 0 Å². The lowest BCUT2D eigenvalue weighted by Crippen LogP contribution is -2.18. The molecule has 3 heteroatoms. The first kappa shape index (κ1) is 11.4. The number of amides is 1. The first-order valence-corrected chi connectivity index (χ1v) is 4.88. The van der Waals surface area contributed by atoms with Crippen LogP contribution in [0.3, 0.4) is 0 Å². The Bertz CT molecular complexity index is 384. The van der Waals surface area contributed by atoms with Gasteiger partial charge in [-0.05, 0) is 39.8 Å². The van der Waals surface area contributed by atoms with E-state index in [9.17, 15) is 4.79 Å². The van der Waals surface area contributed by atoms with E-state index in [2.05, 4.69) is 10.5 Å². The lowest BCUT2D eigenvalue weighted by molar-refractivity contribution is 0.0954. The fourth-order valence-electron chi connectivity index (χ4n) is 1.33. The molecule has 0 aromatic heterocycles. The Morgan fingerprint density at radius 2 is 1.67 bits per heavy atom. The molecular weight excluding hydrogens is 188 g/mol. The van der Waals surface area contributed by atoms with Gasteiger partial charge in [0.05, 0.1) is 0 Å². The Balaban J connectivity index is 2.87. The third-order valence-corrected chi connectivity index (χ3v) is 1.86. The van der Waals surface area contributed by atoms with Crippen molar-refractivity contribution in [2.45, 2.75) is 27.7 Å². The second-order valence-electron chi connectivity index (χ2n) is 3.88. The zero-order chi connectivity index (χ0) is 11.4. The Labute approximate surface area is 90.2 Å². The summed E-state index contributed by atoms with van der Waals surface area (Å²) in [6, 6.07) is 5.73. The molecule has 3 nitrogen and oxygen atoms in total. The summed E-state index contributed by atoms with van der Waals surface area (Å²) in [5.74, 6) is -0.164. The number of aryl methyl sites for hydroxylation is 2. The van der Waals surface area contributed by atoms with Crippen molar-refractivity contribution in [3.63, 3.8) is 0 Å². The molecule has 0 radical (unpaired) electrons. The smallest absolute Gasteiger partial charge is 0.267 e. The SMILES string of the molecule is CC(C)=NNC(=O)c1cc(C)cc(C)c1. The minimum absolute atomic E-state index is 0.164. The highest BCUT2D eigenvalue weighted by molar-refractivity contribution is 5.95. The van der Waals surface area contributed by atoms with Gasteiger partial charge in [-0.1, -0.05) is 17.2 Å². The van der Waals surface area contributed by atoms with Crippen molar-refractivity contribution in [2.75, 3.05) is 0 Å². The predicted octanol–water partition coefficient (Wildman–Crippen LogP) is 2.43. The van der Waals surface area contributed by atoms with E-state index in [1.54, 1.807) is 0 Å². The van der Waals surface area contributed by atoms with Crippen molar-refractivity contribution < 1.29 is 4.79 Å². The molecule has 0 atom stereocenters. The second kappa shape index (κ2) is 4.73. The van der Waals surface area contributed by atoms with E-state index in [-0.39, 0.29) is 5.91 Å². The van der Waals surface area contributed by atoms with Crippen LogP contribution in [-0.2, 0) is 0 Å². The molecule has 0 fully saturated rings. The van der Waals surface area contributed by atoms with Crippen LogP contribution in [0.5, 0.6) is 0 Å². The van der Waals surface area contributed by atoms with Crippen LogP contribution in [0, 0.1) is 13.8 Å². The number of hydrogen-bond donors (Lipinski definition) is 1. The highest BCUT2D eigenvalue weighted by atomic mass is 16.2. The molecule has 0 saturated heterocycles. The van der Waals surface area contributed by atoms with Gasteiger partial charge < -0.3 is 0 Å². The molecule has 15 heavy (non-hydrogen) atoms. The van der Waals surface area contributed by atoms with E-state index in [4.69, 9.17) is 0 Å². The molecule has 0 spiro atoms. The molecule has 0 aliphatic carbocycles. The standard InChI is InChI=1S/C12H16N2O/c1-8(2)13-14-12(15)11-6-9(3)5-10(4)7-11/h5-7H,1-4H3,(H,14,15). The van der Waals surface area contributed by atoms with E-state index in [0.717, 1.165) is 16.8 Å². The normalized spacial score (nSPS) is 9.60. The van der Waals surface area contributed by atoms with Crippen LogP contribution in [0.25, 0.3) is 0 Å². The quantitative estimate of drug-likeness (QED) is 0.583. The topological polar surface area (TPSA) is 41.5 Å². The van der Waals surface area contributed by atoms with Gasteiger partial charge in [-0.15, -0.1) is 0 Å². The van der Waals surface area contributed by atoms with E-state index in [0.29, 0.717) is 5.56 Å². The van der Waals surface area contributed by atoms with Gasteiger partial charge in [-0.25, -0.2) is 5.43 Å². The van der Waals surface area contributed by atoms with Gasteiger partial charge in [0.1, 0.15) is 0 Å². The number of carbonyl (C=O) groups is 1. The molecule has 1 N–H and O–H groups in total. The Hall–Kier alpha value is -1.64. The summed E-state index contributed by atoms with van der Waals surface area (Å²) in [5.41, 5.74) is 6.14. The number of nitrogens with one attached hydrogen (secondary N) is 1. The summed E-state index contributed by atoms with van der Waals surface area (Å²) in [5, 5.41) is 3.88.